The number of hydrogen-bond donors (Lipinski definition) is 1. The van der Waals surface area contributed by atoms with E-state index in [-0.39, 0.29) is 48.2 Å². The van der Waals surface area contributed by atoms with Gasteiger partial charge < -0.3 is 19.4 Å². The Hall–Kier alpha value is -3.49. The van der Waals surface area contributed by atoms with Gasteiger partial charge in [0, 0.05) is 30.9 Å². The third-order valence-corrected chi connectivity index (χ3v) is 4.95. The molecule has 178 valence electrons. The first-order valence-electron chi connectivity index (χ1n) is 10.6. The van der Waals surface area contributed by atoms with Crippen molar-refractivity contribution in [3.05, 3.63) is 75.7 Å². The Morgan fingerprint density at radius 3 is 2.64 bits per heavy atom. The first-order chi connectivity index (χ1) is 15.7. The molecule has 1 atom stereocenters. The van der Waals surface area contributed by atoms with Crippen LogP contribution in [0.1, 0.15) is 53.1 Å². The summed E-state index contributed by atoms with van der Waals surface area (Å²) in [6.45, 7) is 7.64. The summed E-state index contributed by atoms with van der Waals surface area (Å²) >= 11 is 0. The molecule has 1 amide bonds. The van der Waals surface area contributed by atoms with Crippen molar-refractivity contribution in [1.82, 2.24) is 9.88 Å². The van der Waals surface area contributed by atoms with Crippen molar-refractivity contribution in [2.75, 3.05) is 13.7 Å². The van der Waals surface area contributed by atoms with Crippen LogP contribution in [0, 0.1) is 17.6 Å². The fourth-order valence-corrected chi connectivity index (χ4v) is 3.02. The Labute approximate surface area is 191 Å². The van der Waals surface area contributed by atoms with E-state index in [4.69, 9.17) is 9.47 Å². The minimum absolute atomic E-state index is 0.0518. The van der Waals surface area contributed by atoms with Crippen molar-refractivity contribution in [3.63, 3.8) is 0 Å². The summed E-state index contributed by atoms with van der Waals surface area (Å²) in [5.74, 6) is -3.53. The maximum atomic E-state index is 13.9. The van der Waals surface area contributed by atoms with E-state index in [1.165, 1.54) is 23.9 Å². The van der Waals surface area contributed by atoms with Crippen LogP contribution in [0.3, 0.4) is 0 Å². The van der Waals surface area contributed by atoms with Gasteiger partial charge in [-0.1, -0.05) is 32.4 Å². The molecule has 1 N–H and O–H groups in total. The molecule has 0 saturated carbocycles. The summed E-state index contributed by atoms with van der Waals surface area (Å²) in [4.78, 5) is 38.5. The zero-order valence-electron chi connectivity index (χ0n) is 19.0. The van der Waals surface area contributed by atoms with Gasteiger partial charge in [0.1, 0.15) is 17.2 Å². The first kappa shape index (κ1) is 25.8. The number of carbonyl (C=O) groups is 2. The summed E-state index contributed by atoms with van der Waals surface area (Å²) in [6.07, 6.45) is 4.33. The number of nitrogens with zero attached hydrogens (tertiary/aromatic N) is 1. The van der Waals surface area contributed by atoms with Crippen LogP contribution in [0.25, 0.3) is 0 Å². The normalized spacial score (nSPS) is 11.5. The van der Waals surface area contributed by atoms with Gasteiger partial charge in [-0.3, -0.25) is 9.59 Å². The number of carbonyl (C=O) groups excluding carboxylic acids is 2. The molecule has 1 aromatic carbocycles. The zero-order chi connectivity index (χ0) is 24.5. The van der Waals surface area contributed by atoms with E-state index in [9.17, 15) is 23.2 Å². The minimum Gasteiger partial charge on any atom is -0.487 e. The number of benzene rings is 1. The summed E-state index contributed by atoms with van der Waals surface area (Å²) in [6, 6.07) is 2.98. The third-order valence-electron chi connectivity index (χ3n) is 4.95. The van der Waals surface area contributed by atoms with Crippen molar-refractivity contribution in [2.24, 2.45) is 5.92 Å². The number of pyridine rings is 1. The van der Waals surface area contributed by atoms with Gasteiger partial charge in [0.05, 0.1) is 13.7 Å². The van der Waals surface area contributed by atoms with E-state index in [0.29, 0.717) is 12.5 Å². The van der Waals surface area contributed by atoms with Gasteiger partial charge in [0.15, 0.2) is 11.4 Å². The van der Waals surface area contributed by atoms with Gasteiger partial charge in [-0.25, -0.2) is 13.6 Å². The maximum Gasteiger partial charge on any atom is 0.358 e. The smallest absolute Gasteiger partial charge is 0.358 e. The predicted molar refractivity (Wildman–Crippen MR) is 119 cm³/mol. The molecule has 33 heavy (non-hydrogen) atoms. The molecular formula is C24H28F2N2O5. The fraction of sp³-hybridized carbons (Fsp3) is 0.375. The van der Waals surface area contributed by atoms with Crippen LogP contribution in [0.15, 0.2) is 41.8 Å². The second kappa shape index (κ2) is 11.9. The lowest BCUT2D eigenvalue weighted by atomic mass is 10.1. The van der Waals surface area contributed by atoms with Crippen LogP contribution in [-0.2, 0) is 17.8 Å². The Kier molecular flexibility index (Phi) is 9.32. The highest BCUT2D eigenvalue weighted by Gasteiger charge is 2.26. The largest absolute Gasteiger partial charge is 0.487 e. The molecule has 0 saturated heterocycles. The van der Waals surface area contributed by atoms with Crippen LogP contribution < -0.4 is 15.5 Å². The molecule has 7 nitrogen and oxygen atoms in total. The molecule has 1 heterocycles. The van der Waals surface area contributed by atoms with E-state index >= 15 is 0 Å². The number of esters is 1. The van der Waals surface area contributed by atoms with E-state index in [1.807, 2.05) is 13.8 Å². The van der Waals surface area contributed by atoms with E-state index in [0.717, 1.165) is 12.5 Å². The van der Waals surface area contributed by atoms with Gasteiger partial charge in [-0.05, 0) is 18.4 Å². The SMILES string of the molecule is C=CC(C)Cn1cc(C(=O)NCc2ccc(F)cc2F)c(=O)c(OCCCC)c1C(=O)OC. The zero-order valence-corrected chi connectivity index (χ0v) is 19.0. The number of ether oxygens (including phenoxy) is 2. The second-order valence-electron chi connectivity index (χ2n) is 7.53. The fourth-order valence-electron chi connectivity index (χ4n) is 3.02. The molecule has 1 unspecified atom stereocenters. The maximum absolute atomic E-state index is 13.9. The number of amides is 1. The summed E-state index contributed by atoms with van der Waals surface area (Å²) in [5.41, 5.74) is -1.12. The Morgan fingerprint density at radius 2 is 2.03 bits per heavy atom. The molecule has 2 aromatic rings. The number of hydrogen-bond acceptors (Lipinski definition) is 5. The molecule has 0 spiro atoms. The second-order valence-corrected chi connectivity index (χ2v) is 7.53. The summed E-state index contributed by atoms with van der Waals surface area (Å²) in [7, 11) is 1.18. The van der Waals surface area contributed by atoms with Gasteiger partial charge in [-0.15, -0.1) is 6.58 Å². The molecule has 0 aliphatic rings. The molecule has 0 bridgehead atoms. The molecule has 0 aliphatic heterocycles. The van der Waals surface area contributed by atoms with Crippen molar-refractivity contribution >= 4 is 11.9 Å². The van der Waals surface area contributed by atoms with Gasteiger partial charge in [-0.2, -0.15) is 0 Å². The minimum atomic E-state index is -0.822. The van der Waals surface area contributed by atoms with Crippen LogP contribution in [-0.4, -0.2) is 30.2 Å². The number of nitrogens with one attached hydrogen (secondary N) is 1. The molecule has 9 heteroatoms. The van der Waals surface area contributed by atoms with Gasteiger partial charge >= 0.3 is 5.97 Å². The quantitative estimate of drug-likeness (QED) is 0.312. The van der Waals surface area contributed by atoms with E-state index < -0.39 is 28.9 Å². The van der Waals surface area contributed by atoms with Crippen molar-refractivity contribution in [3.8, 4) is 5.75 Å². The highest BCUT2D eigenvalue weighted by Crippen LogP contribution is 2.19. The lowest BCUT2D eigenvalue weighted by Crippen LogP contribution is -2.33. The third kappa shape index (κ3) is 6.50. The van der Waals surface area contributed by atoms with E-state index in [2.05, 4.69) is 11.9 Å². The van der Waals surface area contributed by atoms with Crippen LogP contribution >= 0.6 is 0 Å². The standard InChI is InChI=1S/C24H28F2N2O5/c1-5-7-10-33-22-20(24(31)32-4)28(13-15(3)6-2)14-18(21(22)29)23(30)27-12-16-8-9-17(25)11-19(16)26/h6,8-9,11,14-15H,2,5,7,10,12-13H2,1,3-4H3,(H,27,30). The number of unbranched alkanes of at least 4 members (excludes halogenated alkanes) is 1. The molecule has 1 aromatic heterocycles. The van der Waals surface area contributed by atoms with Crippen molar-refractivity contribution < 1.29 is 27.8 Å². The molecule has 0 aliphatic carbocycles. The lowest BCUT2D eigenvalue weighted by Gasteiger charge is -2.19. The number of methoxy groups -OCH3 is 1. The Balaban J connectivity index is 2.50. The summed E-state index contributed by atoms with van der Waals surface area (Å²) in [5, 5.41) is 2.46. The average Bonchev–Trinajstić information content (AvgIpc) is 2.79. The highest BCUT2D eigenvalue weighted by atomic mass is 19.1. The number of aromatic nitrogens is 1. The van der Waals surface area contributed by atoms with Crippen LogP contribution in [0.2, 0.25) is 0 Å². The Bertz CT molecular complexity index is 1080. The van der Waals surface area contributed by atoms with Crippen LogP contribution in [0.5, 0.6) is 5.75 Å². The monoisotopic (exact) mass is 462 g/mol. The highest BCUT2D eigenvalue weighted by molar-refractivity contribution is 5.96. The molecule has 0 fully saturated rings. The predicted octanol–water partition coefficient (Wildman–Crippen LogP) is 3.84. The van der Waals surface area contributed by atoms with Gasteiger partial charge in [0.25, 0.3) is 5.91 Å². The van der Waals surface area contributed by atoms with Crippen molar-refractivity contribution in [1.29, 1.82) is 0 Å². The molecular weight excluding hydrogens is 434 g/mol. The molecule has 0 radical (unpaired) electrons. The number of halogens is 2. The van der Waals surface area contributed by atoms with Gasteiger partial charge in [0.2, 0.25) is 5.43 Å². The first-order valence-corrected chi connectivity index (χ1v) is 10.6. The summed E-state index contributed by atoms with van der Waals surface area (Å²) < 4.78 is 38.9. The van der Waals surface area contributed by atoms with Crippen LogP contribution in [0.4, 0.5) is 8.78 Å². The lowest BCUT2D eigenvalue weighted by molar-refractivity contribution is 0.0579. The average molecular weight is 462 g/mol. The Morgan fingerprint density at radius 1 is 1.30 bits per heavy atom. The number of allylic oxidation sites excluding steroid dienone is 1. The van der Waals surface area contributed by atoms with E-state index in [1.54, 1.807) is 6.08 Å². The van der Waals surface area contributed by atoms with Crippen molar-refractivity contribution in [2.45, 2.75) is 39.8 Å². The number of rotatable bonds is 11. The molecule has 2 rings (SSSR count). The topological polar surface area (TPSA) is 86.6 Å².